The molecule has 0 atom stereocenters. The Hall–Kier alpha value is -2.24. The topological polar surface area (TPSA) is 46.3 Å². The fraction of sp³-hybridized carbons (Fsp3) is 0.0833. The first kappa shape index (κ1) is 12.2. The summed E-state index contributed by atoms with van der Waals surface area (Å²) < 4.78 is 38.4. The molecule has 0 bridgehead atoms. The minimum absolute atomic E-state index is 0.270. The van der Waals surface area contributed by atoms with E-state index in [1.54, 1.807) is 24.3 Å². The molecule has 0 aliphatic heterocycles. The van der Waals surface area contributed by atoms with Crippen LogP contribution in [0.1, 0.15) is 0 Å². The standard InChI is InChI=1S/C12H9F3N2O/c13-12(14,15)17(11(16)18)10-7-3-5-8-4-1-2-6-9(8)10/h1-7H,(H2,16,18). The fourth-order valence-corrected chi connectivity index (χ4v) is 1.78. The van der Waals surface area contributed by atoms with Crippen molar-refractivity contribution in [3.8, 4) is 0 Å². The lowest BCUT2D eigenvalue weighted by atomic mass is 10.1. The Labute approximate surface area is 101 Å². The summed E-state index contributed by atoms with van der Waals surface area (Å²) in [6.07, 6.45) is -4.85. The molecule has 2 N–H and O–H groups in total. The molecule has 94 valence electrons. The molecule has 6 heteroatoms. The number of hydrogen-bond donors (Lipinski definition) is 1. The van der Waals surface area contributed by atoms with Gasteiger partial charge in [-0.1, -0.05) is 36.4 Å². The highest BCUT2D eigenvalue weighted by atomic mass is 19.4. The predicted molar refractivity (Wildman–Crippen MR) is 62.1 cm³/mol. The largest absolute Gasteiger partial charge is 0.493 e. The van der Waals surface area contributed by atoms with Gasteiger partial charge in [0.1, 0.15) is 0 Å². The number of fused-ring (bicyclic) bond motifs is 1. The number of anilines is 1. The lowest BCUT2D eigenvalue weighted by Crippen LogP contribution is -2.46. The van der Waals surface area contributed by atoms with E-state index in [4.69, 9.17) is 5.73 Å². The highest BCUT2D eigenvalue weighted by molar-refractivity contribution is 6.02. The Balaban J connectivity index is 2.69. The third-order valence-corrected chi connectivity index (χ3v) is 2.48. The first-order chi connectivity index (χ1) is 8.41. The van der Waals surface area contributed by atoms with Gasteiger partial charge in [-0.3, -0.25) is 0 Å². The first-order valence-corrected chi connectivity index (χ1v) is 5.05. The molecule has 0 unspecified atom stereocenters. The summed E-state index contributed by atoms with van der Waals surface area (Å²) in [6.45, 7) is 0. The van der Waals surface area contributed by atoms with Crippen LogP contribution in [0, 0.1) is 0 Å². The Kier molecular flexibility index (Phi) is 2.86. The van der Waals surface area contributed by atoms with E-state index >= 15 is 0 Å². The van der Waals surface area contributed by atoms with Crippen molar-refractivity contribution in [1.29, 1.82) is 0 Å². The van der Waals surface area contributed by atoms with E-state index in [0.29, 0.717) is 10.8 Å². The molecule has 0 heterocycles. The zero-order valence-electron chi connectivity index (χ0n) is 9.11. The van der Waals surface area contributed by atoms with E-state index in [1.165, 1.54) is 18.2 Å². The van der Waals surface area contributed by atoms with E-state index < -0.39 is 12.3 Å². The predicted octanol–water partition coefficient (Wildman–Crippen LogP) is 3.24. The average Bonchev–Trinajstić information content (AvgIpc) is 2.27. The van der Waals surface area contributed by atoms with Crippen LogP contribution in [0.15, 0.2) is 42.5 Å². The van der Waals surface area contributed by atoms with Gasteiger partial charge in [-0.15, -0.1) is 13.2 Å². The van der Waals surface area contributed by atoms with Gasteiger partial charge in [0.2, 0.25) is 0 Å². The second-order valence-corrected chi connectivity index (χ2v) is 3.64. The van der Waals surface area contributed by atoms with Gasteiger partial charge in [-0.2, -0.15) is 0 Å². The number of hydrogen-bond acceptors (Lipinski definition) is 1. The van der Waals surface area contributed by atoms with E-state index in [1.807, 2.05) is 0 Å². The molecule has 2 amide bonds. The van der Waals surface area contributed by atoms with E-state index in [9.17, 15) is 18.0 Å². The van der Waals surface area contributed by atoms with Gasteiger partial charge in [-0.05, 0) is 11.5 Å². The van der Waals surface area contributed by atoms with Gasteiger partial charge < -0.3 is 5.73 Å². The molecular weight excluding hydrogens is 245 g/mol. The van der Waals surface area contributed by atoms with Gasteiger partial charge in [0.15, 0.2) is 0 Å². The highest BCUT2D eigenvalue weighted by Gasteiger charge is 2.42. The third-order valence-electron chi connectivity index (χ3n) is 2.48. The van der Waals surface area contributed by atoms with Crippen LogP contribution in [0.5, 0.6) is 0 Å². The third kappa shape index (κ3) is 2.09. The number of rotatable bonds is 1. The summed E-state index contributed by atoms with van der Waals surface area (Å²) in [4.78, 5) is 10.7. The van der Waals surface area contributed by atoms with Gasteiger partial charge in [0, 0.05) is 5.39 Å². The molecule has 0 radical (unpaired) electrons. The molecule has 3 nitrogen and oxygen atoms in total. The van der Waals surface area contributed by atoms with Crippen LogP contribution in [-0.2, 0) is 0 Å². The molecule has 0 spiro atoms. The van der Waals surface area contributed by atoms with Gasteiger partial charge in [-0.25, -0.2) is 9.69 Å². The molecule has 2 rings (SSSR count). The van der Waals surface area contributed by atoms with Gasteiger partial charge in [0.05, 0.1) is 5.69 Å². The number of carbonyl (C=O) groups excluding carboxylic acids is 1. The minimum Gasteiger partial charge on any atom is -0.351 e. The molecule has 2 aromatic rings. The Morgan fingerprint density at radius 3 is 2.28 bits per heavy atom. The van der Waals surface area contributed by atoms with Crippen LogP contribution >= 0.6 is 0 Å². The Bertz CT molecular complexity index is 590. The van der Waals surface area contributed by atoms with Crippen LogP contribution in [0.3, 0.4) is 0 Å². The number of amides is 2. The molecule has 0 aliphatic carbocycles. The smallest absolute Gasteiger partial charge is 0.351 e. The molecule has 0 aliphatic rings. The van der Waals surface area contributed by atoms with Crippen molar-refractivity contribution in [2.24, 2.45) is 5.73 Å². The number of nitrogens with two attached hydrogens (primary N) is 1. The van der Waals surface area contributed by atoms with Crippen molar-refractivity contribution < 1.29 is 18.0 Å². The van der Waals surface area contributed by atoms with E-state index in [2.05, 4.69) is 0 Å². The van der Waals surface area contributed by atoms with Crippen molar-refractivity contribution in [2.45, 2.75) is 6.30 Å². The monoisotopic (exact) mass is 254 g/mol. The van der Waals surface area contributed by atoms with Crippen LogP contribution in [0.4, 0.5) is 23.7 Å². The lowest BCUT2D eigenvalue weighted by Gasteiger charge is -2.24. The van der Waals surface area contributed by atoms with Crippen LogP contribution in [0.2, 0.25) is 0 Å². The van der Waals surface area contributed by atoms with E-state index in [0.717, 1.165) is 0 Å². The number of carbonyl (C=O) groups is 1. The SMILES string of the molecule is NC(=O)N(c1cccc2ccccc12)C(F)(F)F. The van der Waals surface area contributed by atoms with Crippen molar-refractivity contribution >= 4 is 22.5 Å². The molecule has 2 aromatic carbocycles. The summed E-state index contributed by atoms with van der Waals surface area (Å²) in [5, 5.41) is 0.918. The van der Waals surface area contributed by atoms with Crippen LogP contribution < -0.4 is 10.6 Å². The zero-order chi connectivity index (χ0) is 13.3. The normalized spacial score (nSPS) is 11.5. The first-order valence-electron chi connectivity index (χ1n) is 5.05. The van der Waals surface area contributed by atoms with Crippen LogP contribution in [-0.4, -0.2) is 12.3 Å². The Morgan fingerprint density at radius 1 is 1.06 bits per heavy atom. The van der Waals surface area contributed by atoms with Crippen LogP contribution in [0.25, 0.3) is 10.8 Å². The minimum atomic E-state index is -4.85. The second kappa shape index (κ2) is 4.21. The van der Waals surface area contributed by atoms with Crippen molar-refractivity contribution in [3.05, 3.63) is 42.5 Å². The number of alkyl halides is 3. The summed E-state index contributed by atoms with van der Waals surface area (Å²) >= 11 is 0. The van der Waals surface area contributed by atoms with Crippen molar-refractivity contribution in [1.82, 2.24) is 0 Å². The lowest BCUT2D eigenvalue weighted by molar-refractivity contribution is -0.120. The average molecular weight is 254 g/mol. The molecule has 0 fully saturated rings. The highest BCUT2D eigenvalue weighted by Crippen LogP contribution is 2.33. The molecular formula is C12H9F3N2O. The second-order valence-electron chi connectivity index (χ2n) is 3.64. The van der Waals surface area contributed by atoms with Gasteiger partial charge in [0.25, 0.3) is 0 Å². The number of primary amides is 1. The van der Waals surface area contributed by atoms with Crippen molar-refractivity contribution in [3.63, 3.8) is 0 Å². The fourth-order valence-electron chi connectivity index (χ4n) is 1.78. The Morgan fingerprint density at radius 2 is 1.67 bits per heavy atom. The maximum Gasteiger partial charge on any atom is 0.493 e. The maximum absolute atomic E-state index is 12.8. The van der Waals surface area contributed by atoms with E-state index in [-0.39, 0.29) is 10.6 Å². The quantitative estimate of drug-likeness (QED) is 0.780. The summed E-state index contributed by atoms with van der Waals surface area (Å²) in [6, 6.07) is 9.23. The number of nitrogens with zero attached hydrogens (tertiary/aromatic N) is 1. The molecule has 0 saturated heterocycles. The summed E-state index contributed by atoms with van der Waals surface area (Å²) in [5.41, 5.74) is 4.54. The molecule has 0 saturated carbocycles. The summed E-state index contributed by atoms with van der Waals surface area (Å²) in [7, 11) is 0. The number of urea groups is 1. The number of halogens is 3. The number of benzene rings is 2. The zero-order valence-corrected chi connectivity index (χ0v) is 9.11. The summed E-state index contributed by atoms with van der Waals surface area (Å²) in [5.74, 6) is 0. The van der Waals surface area contributed by atoms with Gasteiger partial charge >= 0.3 is 12.3 Å². The van der Waals surface area contributed by atoms with Crippen molar-refractivity contribution in [2.75, 3.05) is 4.90 Å². The maximum atomic E-state index is 12.8. The molecule has 0 aromatic heterocycles. The molecule has 18 heavy (non-hydrogen) atoms.